The lowest BCUT2D eigenvalue weighted by molar-refractivity contribution is -0.123. The van der Waals surface area contributed by atoms with Crippen molar-refractivity contribution in [1.29, 1.82) is 0 Å². The van der Waals surface area contributed by atoms with Crippen LogP contribution in [0.3, 0.4) is 0 Å². The van der Waals surface area contributed by atoms with Crippen molar-refractivity contribution in [2.24, 2.45) is 5.73 Å². The SMILES string of the molecule is CCCCCCCC/C=C\CCCCCCCCCC(=O)NC(COP(=O)(O)OCCN)C(O)/C=C/CCCCCCCCCCC. The summed E-state index contributed by atoms with van der Waals surface area (Å²) in [5.74, 6) is -0.201. The molecule has 0 heterocycles. The van der Waals surface area contributed by atoms with Crippen LogP contribution in [0.5, 0.6) is 0 Å². The Morgan fingerprint density at radius 1 is 0.681 bits per heavy atom. The summed E-state index contributed by atoms with van der Waals surface area (Å²) in [6.07, 6.45) is 37.9. The van der Waals surface area contributed by atoms with Crippen LogP contribution >= 0.6 is 7.82 Å². The first-order chi connectivity index (χ1) is 22.9. The molecule has 0 aliphatic carbocycles. The highest BCUT2D eigenvalue weighted by Crippen LogP contribution is 2.43. The summed E-state index contributed by atoms with van der Waals surface area (Å²) in [4.78, 5) is 22.6. The molecular weight excluding hydrogens is 611 g/mol. The predicted octanol–water partition coefficient (Wildman–Crippen LogP) is 10.2. The predicted molar refractivity (Wildman–Crippen MR) is 198 cm³/mol. The van der Waals surface area contributed by atoms with E-state index in [4.69, 9.17) is 14.8 Å². The summed E-state index contributed by atoms with van der Waals surface area (Å²) in [5, 5.41) is 13.6. The summed E-state index contributed by atoms with van der Waals surface area (Å²) in [5.41, 5.74) is 5.35. The van der Waals surface area contributed by atoms with Gasteiger partial charge in [0.15, 0.2) is 0 Å². The third-order valence-electron chi connectivity index (χ3n) is 8.52. The van der Waals surface area contributed by atoms with Gasteiger partial charge in [-0.1, -0.05) is 154 Å². The number of aliphatic hydroxyl groups excluding tert-OH is 1. The molecule has 9 heteroatoms. The maximum atomic E-state index is 12.7. The number of phosphoric acid groups is 1. The molecule has 1 amide bonds. The third-order valence-corrected chi connectivity index (χ3v) is 9.51. The molecule has 47 heavy (non-hydrogen) atoms. The van der Waals surface area contributed by atoms with Gasteiger partial charge in [0.1, 0.15) is 0 Å². The molecule has 0 aromatic rings. The van der Waals surface area contributed by atoms with Gasteiger partial charge < -0.3 is 21.1 Å². The van der Waals surface area contributed by atoms with E-state index in [2.05, 4.69) is 31.3 Å². The molecule has 0 rings (SSSR count). The van der Waals surface area contributed by atoms with Crippen molar-refractivity contribution in [2.45, 2.75) is 193 Å². The Bertz CT molecular complexity index is 794. The van der Waals surface area contributed by atoms with Gasteiger partial charge in [0, 0.05) is 13.0 Å². The average molecular weight is 687 g/mol. The fourth-order valence-corrected chi connectivity index (χ4v) is 6.30. The molecule has 0 fully saturated rings. The van der Waals surface area contributed by atoms with E-state index in [9.17, 15) is 19.4 Å². The molecule has 5 N–H and O–H groups in total. The maximum absolute atomic E-state index is 12.7. The molecule has 0 aliphatic rings. The lowest BCUT2D eigenvalue weighted by atomic mass is 10.1. The largest absolute Gasteiger partial charge is 0.472 e. The first-order valence-electron chi connectivity index (χ1n) is 19.5. The number of phosphoric ester groups is 1. The van der Waals surface area contributed by atoms with Crippen molar-refractivity contribution in [2.75, 3.05) is 19.8 Å². The molecule has 278 valence electrons. The number of aliphatic hydroxyl groups is 1. The highest BCUT2D eigenvalue weighted by molar-refractivity contribution is 7.47. The molecule has 8 nitrogen and oxygen atoms in total. The number of hydrogen-bond acceptors (Lipinski definition) is 6. The van der Waals surface area contributed by atoms with E-state index < -0.39 is 20.0 Å². The van der Waals surface area contributed by atoms with Crippen molar-refractivity contribution < 1.29 is 28.4 Å². The van der Waals surface area contributed by atoms with Gasteiger partial charge in [-0.05, 0) is 44.9 Å². The second-order valence-corrected chi connectivity index (χ2v) is 14.6. The Labute approximate surface area is 289 Å². The Kier molecular flexibility index (Phi) is 34.1. The first kappa shape index (κ1) is 46.0. The minimum Gasteiger partial charge on any atom is -0.387 e. The normalized spacial score (nSPS) is 14.6. The van der Waals surface area contributed by atoms with E-state index in [0.717, 1.165) is 38.5 Å². The lowest BCUT2D eigenvalue weighted by Crippen LogP contribution is -2.45. The molecule has 0 aliphatic heterocycles. The minimum atomic E-state index is -4.33. The molecule has 3 atom stereocenters. The topological polar surface area (TPSA) is 131 Å². The molecule has 0 bridgehead atoms. The number of allylic oxidation sites excluding steroid dienone is 3. The minimum absolute atomic E-state index is 0.0784. The molecule has 0 saturated heterocycles. The maximum Gasteiger partial charge on any atom is 0.472 e. The number of amides is 1. The van der Waals surface area contributed by atoms with Crippen molar-refractivity contribution in [3.05, 3.63) is 24.3 Å². The third kappa shape index (κ3) is 33.3. The summed E-state index contributed by atoms with van der Waals surface area (Å²) in [7, 11) is -4.33. The molecule has 0 spiro atoms. The number of carbonyl (C=O) groups is 1. The zero-order valence-electron chi connectivity index (χ0n) is 30.5. The summed E-state index contributed by atoms with van der Waals surface area (Å²) in [6.45, 7) is 4.10. The molecule has 0 saturated carbocycles. The Hall–Kier alpha value is -1.02. The fraction of sp³-hybridized carbons (Fsp3) is 0.868. The van der Waals surface area contributed by atoms with Gasteiger partial charge in [-0.15, -0.1) is 0 Å². The van der Waals surface area contributed by atoms with E-state index in [1.165, 1.54) is 122 Å². The summed E-state index contributed by atoms with van der Waals surface area (Å²) >= 11 is 0. The Balaban J connectivity index is 4.26. The van der Waals surface area contributed by atoms with E-state index in [1.54, 1.807) is 6.08 Å². The number of nitrogens with one attached hydrogen (secondary N) is 1. The second-order valence-electron chi connectivity index (χ2n) is 13.1. The number of nitrogens with two attached hydrogens (primary N) is 1. The first-order valence-corrected chi connectivity index (χ1v) is 21.0. The molecule has 3 unspecified atom stereocenters. The highest BCUT2D eigenvalue weighted by atomic mass is 31.2. The van der Waals surface area contributed by atoms with E-state index >= 15 is 0 Å². The summed E-state index contributed by atoms with van der Waals surface area (Å²) < 4.78 is 22.0. The average Bonchev–Trinajstić information content (AvgIpc) is 3.05. The molecule has 0 aromatic carbocycles. The van der Waals surface area contributed by atoms with Gasteiger partial charge in [-0.3, -0.25) is 13.8 Å². The van der Waals surface area contributed by atoms with Crippen LogP contribution in [0.15, 0.2) is 24.3 Å². The van der Waals surface area contributed by atoms with Crippen molar-refractivity contribution in [1.82, 2.24) is 5.32 Å². The number of hydrogen-bond donors (Lipinski definition) is 4. The molecule has 0 aromatic heterocycles. The van der Waals surface area contributed by atoms with Gasteiger partial charge >= 0.3 is 7.82 Å². The van der Waals surface area contributed by atoms with Crippen molar-refractivity contribution >= 4 is 13.7 Å². The van der Waals surface area contributed by atoms with Crippen molar-refractivity contribution in [3.63, 3.8) is 0 Å². The zero-order chi connectivity index (χ0) is 34.7. The van der Waals surface area contributed by atoms with Gasteiger partial charge in [-0.2, -0.15) is 0 Å². The highest BCUT2D eigenvalue weighted by Gasteiger charge is 2.26. The molecule has 0 radical (unpaired) electrons. The summed E-state index contributed by atoms with van der Waals surface area (Å²) in [6, 6.07) is -0.858. The quantitative estimate of drug-likeness (QED) is 0.0293. The van der Waals surface area contributed by atoms with Gasteiger partial charge in [0.2, 0.25) is 5.91 Å². The lowest BCUT2D eigenvalue weighted by Gasteiger charge is -2.23. The Morgan fingerprint density at radius 3 is 1.57 bits per heavy atom. The number of carbonyl (C=O) groups excluding carboxylic acids is 1. The van der Waals surface area contributed by atoms with Crippen LogP contribution in [0.4, 0.5) is 0 Å². The van der Waals surface area contributed by atoms with Crippen LogP contribution in [-0.4, -0.2) is 47.8 Å². The fourth-order valence-electron chi connectivity index (χ4n) is 5.54. The Morgan fingerprint density at radius 2 is 1.11 bits per heavy atom. The second kappa shape index (κ2) is 34.8. The number of rotatable bonds is 36. The monoisotopic (exact) mass is 687 g/mol. The van der Waals surface area contributed by atoms with E-state index in [-0.39, 0.29) is 25.7 Å². The van der Waals surface area contributed by atoms with Gasteiger partial charge in [-0.25, -0.2) is 4.57 Å². The standard InChI is InChI=1S/C38H75N2O6P/c1-3-5-7-9-11-13-15-16-17-18-19-20-22-24-26-28-30-32-38(42)40-36(35-46-47(43,44)45-34-33-39)37(41)31-29-27-25-23-21-14-12-10-8-6-4-2/h16-17,29,31,36-37,41H,3-15,18-28,30,32-35,39H2,1-2H3,(H,40,42)(H,43,44)/b17-16-,31-29+. The van der Waals surface area contributed by atoms with Crippen LogP contribution in [0.2, 0.25) is 0 Å². The van der Waals surface area contributed by atoms with Crippen LogP contribution in [0.25, 0.3) is 0 Å². The van der Waals surface area contributed by atoms with Crippen molar-refractivity contribution in [3.8, 4) is 0 Å². The van der Waals surface area contributed by atoms with Crippen LogP contribution in [0, 0.1) is 0 Å². The van der Waals surface area contributed by atoms with Crippen LogP contribution in [0.1, 0.15) is 181 Å². The van der Waals surface area contributed by atoms with Gasteiger partial charge in [0.25, 0.3) is 0 Å². The zero-order valence-corrected chi connectivity index (χ0v) is 31.4. The number of unbranched alkanes of at least 4 members (excludes halogenated alkanes) is 22. The van der Waals surface area contributed by atoms with Crippen LogP contribution in [-0.2, 0) is 18.4 Å². The smallest absolute Gasteiger partial charge is 0.387 e. The van der Waals surface area contributed by atoms with Gasteiger partial charge in [0.05, 0.1) is 25.4 Å². The molecular formula is C38H75N2O6P. The van der Waals surface area contributed by atoms with Crippen LogP contribution < -0.4 is 11.1 Å². The van der Waals surface area contributed by atoms with E-state index in [0.29, 0.717) is 6.42 Å². The van der Waals surface area contributed by atoms with E-state index in [1.807, 2.05) is 6.08 Å².